The van der Waals surface area contributed by atoms with E-state index in [0.29, 0.717) is 5.41 Å². The summed E-state index contributed by atoms with van der Waals surface area (Å²) in [5.41, 5.74) is 0.525. The van der Waals surface area contributed by atoms with Crippen LogP contribution in [-0.2, 0) is 4.84 Å². The van der Waals surface area contributed by atoms with Crippen molar-refractivity contribution in [1.82, 2.24) is 0 Å². The Bertz CT molecular complexity index is 108. The molecule has 1 aliphatic carbocycles. The summed E-state index contributed by atoms with van der Waals surface area (Å²) in [5.74, 6) is 5.00. The van der Waals surface area contributed by atoms with E-state index in [2.05, 4.69) is 11.8 Å². The molecule has 0 bridgehead atoms. The lowest BCUT2D eigenvalue weighted by atomic mass is 9.74. The van der Waals surface area contributed by atoms with Crippen molar-refractivity contribution >= 4 is 0 Å². The van der Waals surface area contributed by atoms with Crippen molar-refractivity contribution in [1.29, 1.82) is 0 Å². The number of hydrogen-bond donors (Lipinski definition) is 1. The fraction of sp³-hybridized carbons (Fsp3) is 1.00. The Morgan fingerprint density at radius 1 is 1.27 bits per heavy atom. The molecule has 0 spiro atoms. The molecule has 0 aromatic heterocycles. The second kappa shape index (κ2) is 4.07. The van der Waals surface area contributed by atoms with Crippen molar-refractivity contribution in [3.63, 3.8) is 0 Å². The van der Waals surface area contributed by atoms with Gasteiger partial charge >= 0.3 is 0 Å². The predicted octanol–water partition coefficient (Wildman–Crippen LogP) is 2.24. The van der Waals surface area contributed by atoms with Crippen LogP contribution < -0.4 is 5.90 Å². The predicted molar refractivity (Wildman–Crippen MR) is 45.9 cm³/mol. The van der Waals surface area contributed by atoms with Crippen molar-refractivity contribution in [2.45, 2.75) is 45.4 Å². The lowest BCUT2D eigenvalue weighted by Crippen LogP contribution is -2.22. The molecule has 0 heterocycles. The van der Waals surface area contributed by atoms with Gasteiger partial charge in [0, 0.05) is 0 Å². The molecule has 0 amide bonds. The highest BCUT2D eigenvalue weighted by Crippen LogP contribution is 2.38. The smallest absolute Gasteiger partial charge is 0.0684 e. The average molecular weight is 157 g/mol. The summed E-state index contributed by atoms with van der Waals surface area (Å²) in [6.07, 6.45) is 8.04. The molecule has 11 heavy (non-hydrogen) atoms. The first-order valence-electron chi connectivity index (χ1n) is 4.59. The molecule has 1 saturated carbocycles. The minimum absolute atomic E-state index is 0.525. The van der Waals surface area contributed by atoms with Crippen LogP contribution in [0.2, 0.25) is 0 Å². The van der Waals surface area contributed by atoms with Crippen molar-refractivity contribution in [3.8, 4) is 0 Å². The highest BCUT2D eigenvalue weighted by molar-refractivity contribution is 4.77. The van der Waals surface area contributed by atoms with E-state index in [1.54, 1.807) is 0 Å². The summed E-state index contributed by atoms with van der Waals surface area (Å²) in [4.78, 5) is 4.61. The minimum atomic E-state index is 0.525. The zero-order valence-corrected chi connectivity index (χ0v) is 7.44. The molecule has 1 rings (SSSR count). The van der Waals surface area contributed by atoms with E-state index >= 15 is 0 Å². The van der Waals surface area contributed by atoms with Gasteiger partial charge in [0.05, 0.1) is 6.61 Å². The lowest BCUT2D eigenvalue weighted by Gasteiger charge is -2.33. The van der Waals surface area contributed by atoms with E-state index in [4.69, 9.17) is 5.90 Å². The minimum Gasteiger partial charge on any atom is -0.305 e. The van der Waals surface area contributed by atoms with Gasteiger partial charge in [-0.05, 0) is 24.7 Å². The standard InChI is InChI=1S/C9H19NO/c1-9(7-8-11-10)5-3-2-4-6-9/h2-8,10H2,1H3. The van der Waals surface area contributed by atoms with E-state index in [1.165, 1.54) is 32.1 Å². The van der Waals surface area contributed by atoms with Crippen LogP contribution in [0.4, 0.5) is 0 Å². The molecule has 1 fully saturated rings. The van der Waals surface area contributed by atoms with Crippen LogP contribution in [0.25, 0.3) is 0 Å². The van der Waals surface area contributed by atoms with Crippen molar-refractivity contribution in [2.75, 3.05) is 6.61 Å². The third kappa shape index (κ3) is 2.80. The lowest BCUT2D eigenvalue weighted by molar-refractivity contribution is 0.0835. The van der Waals surface area contributed by atoms with Crippen LogP contribution in [0.15, 0.2) is 0 Å². The molecule has 0 radical (unpaired) electrons. The molecule has 66 valence electrons. The highest BCUT2D eigenvalue weighted by atomic mass is 16.6. The average Bonchev–Trinajstić information content (AvgIpc) is 2.03. The number of hydrogen-bond acceptors (Lipinski definition) is 2. The second-order valence-corrected chi connectivity index (χ2v) is 3.99. The maximum atomic E-state index is 5.00. The molecular formula is C9H19NO. The number of nitrogens with two attached hydrogens (primary N) is 1. The molecule has 0 aromatic rings. The maximum absolute atomic E-state index is 5.00. The monoisotopic (exact) mass is 157 g/mol. The summed E-state index contributed by atoms with van der Waals surface area (Å²) >= 11 is 0. The summed E-state index contributed by atoms with van der Waals surface area (Å²) in [6.45, 7) is 3.07. The highest BCUT2D eigenvalue weighted by Gasteiger charge is 2.25. The molecule has 1 aliphatic rings. The van der Waals surface area contributed by atoms with Crippen LogP contribution in [0.5, 0.6) is 0 Å². The van der Waals surface area contributed by atoms with Crippen molar-refractivity contribution in [3.05, 3.63) is 0 Å². The van der Waals surface area contributed by atoms with Crippen LogP contribution >= 0.6 is 0 Å². The van der Waals surface area contributed by atoms with Crippen molar-refractivity contribution in [2.24, 2.45) is 11.3 Å². The summed E-state index contributed by atoms with van der Waals surface area (Å²) in [7, 11) is 0. The zero-order chi connectivity index (χ0) is 8.16. The molecular weight excluding hydrogens is 138 g/mol. The van der Waals surface area contributed by atoms with E-state index in [0.717, 1.165) is 13.0 Å². The Hall–Kier alpha value is -0.0800. The fourth-order valence-electron chi connectivity index (χ4n) is 1.96. The molecule has 2 N–H and O–H groups in total. The Balaban J connectivity index is 2.25. The number of rotatable bonds is 3. The van der Waals surface area contributed by atoms with Gasteiger partial charge in [-0.15, -0.1) is 0 Å². The van der Waals surface area contributed by atoms with E-state index in [1.807, 2.05) is 0 Å². The quantitative estimate of drug-likeness (QED) is 0.638. The first kappa shape index (κ1) is 9.01. The zero-order valence-electron chi connectivity index (χ0n) is 7.44. The topological polar surface area (TPSA) is 35.2 Å². The summed E-state index contributed by atoms with van der Waals surface area (Å²) in [6, 6.07) is 0. The fourth-order valence-corrected chi connectivity index (χ4v) is 1.96. The summed E-state index contributed by atoms with van der Waals surface area (Å²) < 4.78 is 0. The van der Waals surface area contributed by atoms with Gasteiger partial charge < -0.3 is 4.84 Å². The Labute approximate surface area is 69.1 Å². The molecule has 2 nitrogen and oxygen atoms in total. The van der Waals surface area contributed by atoms with Gasteiger partial charge in [-0.25, -0.2) is 5.90 Å². The van der Waals surface area contributed by atoms with Gasteiger partial charge in [0.2, 0.25) is 0 Å². The molecule has 0 atom stereocenters. The first-order valence-corrected chi connectivity index (χ1v) is 4.59. The van der Waals surface area contributed by atoms with Gasteiger partial charge in [-0.2, -0.15) is 0 Å². The second-order valence-electron chi connectivity index (χ2n) is 3.99. The van der Waals surface area contributed by atoms with Gasteiger partial charge in [0.1, 0.15) is 0 Å². The van der Waals surface area contributed by atoms with Gasteiger partial charge in [-0.1, -0.05) is 26.2 Å². The molecule has 0 aromatic carbocycles. The molecule has 2 heteroatoms. The van der Waals surface area contributed by atoms with Gasteiger partial charge in [-0.3, -0.25) is 0 Å². The van der Waals surface area contributed by atoms with Gasteiger partial charge in [0.25, 0.3) is 0 Å². The van der Waals surface area contributed by atoms with Crippen molar-refractivity contribution < 1.29 is 4.84 Å². The van der Waals surface area contributed by atoms with Gasteiger partial charge in [0.15, 0.2) is 0 Å². The van der Waals surface area contributed by atoms with Crippen LogP contribution in [0, 0.1) is 5.41 Å². The van der Waals surface area contributed by atoms with Crippen LogP contribution in [0.3, 0.4) is 0 Å². The maximum Gasteiger partial charge on any atom is 0.0684 e. The van der Waals surface area contributed by atoms with Crippen LogP contribution in [0.1, 0.15) is 45.4 Å². The summed E-state index contributed by atoms with van der Waals surface area (Å²) in [5, 5.41) is 0. The normalized spacial score (nSPS) is 23.5. The Kier molecular flexibility index (Phi) is 3.34. The molecule has 0 aliphatic heterocycles. The van der Waals surface area contributed by atoms with E-state index < -0.39 is 0 Å². The molecule has 0 unspecified atom stereocenters. The van der Waals surface area contributed by atoms with E-state index in [-0.39, 0.29) is 0 Å². The van der Waals surface area contributed by atoms with E-state index in [9.17, 15) is 0 Å². The Morgan fingerprint density at radius 3 is 2.45 bits per heavy atom. The molecule has 0 saturated heterocycles. The first-order chi connectivity index (χ1) is 5.27. The third-order valence-electron chi connectivity index (χ3n) is 2.88. The third-order valence-corrected chi connectivity index (χ3v) is 2.88. The largest absolute Gasteiger partial charge is 0.305 e. The Morgan fingerprint density at radius 2 is 1.91 bits per heavy atom. The SMILES string of the molecule is CC1(CCON)CCCCC1. The van der Waals surface area contributed by atoms with Crippen LogP contribution in [-0.4, -0.2) is 6.61 Å².